The fourth-order valence-electron chi connectivity index (χ4n) is 4.31. The highest BCUT2D eigenvalue weighted by atomic mass is 16.5. The molecule has 1 rings (SSSR count). The molecule has 2 unspecified atom stereocenters. The van der Waals surface area contributed by atoms with Gasteiger partial charge in [0.05, 0.1) is 12.2 Å². The van der Waals surface area contributed by atoms with Gasteiger partial charge in [-0.25, -0.2) is 0 Å². The lowest BCUT2D eigenvalue weighted by Crippen LogP contribution is -2.46. The first kappa shape index (κ1) is 22.5. The lowest BCUT2D eigenvalue weighted by molar-refractivity contribution is -0.138. The van der Waals surface area contributed by atoms with Gasteiger partial charge in [-0.2, -0.15) is 0 Å². The average Bonchev–Trinajstić information content (AvgIpc) is 2.62. The molecule has 1 aliphatic rings. The van der Waals surface area contributed by atoms with Crippen LogP contribution in [-0.4, -0.2) is 24.2 Å². The minimum absolute atomic E-state index is 0.172. The molecule has 0 spiro atoms. The smallest absolute Gasteiger partial charge is 0.219 e. The Morgan fingerprint density at radius 2 is 1.60 bits per heavy atom. The third-order valence-corrected chi connectivity index (χ3v) is 7.19. The zero-order valence-electron chi connectivity index (χ0n) is 18.0. The van der Waals surface area contributed by atoms with Gasteiger partial charge in [-0.05, 0) is 48.9 Å². The molecule has 1 N–H and O–H groups in total. The zero-order chi connectivity index (χ0) is 19.1. The lowest BCUT2D eigenvalue weighted by atomic mass is 9.74. The summed E-state index contributed by atoms with van der Waals surface area (Å²) >= 11 is 0. The number of ether oxygens (including phenoxy) is 1. The second kappa shape index (κ2) is 10.5. The molecule has 3 nitrogen and oxygen atoms in total. The van der Waals surface area contributed by atoms with Crippen LogP contribution in [-0.2, 0) is 9.53 Å². The van der Waals surface area contributed by atoms with Gasteiger partial charge < -0.3 is 10.1 Å². The van der Waals surface area contributed by atoms with Crippen LogP contribution in [0.4, 0.5) is 0 Å². The number of rotatable bonds is 9. The number of amides is 1. The molecule has 0 saturated carbocycles. The van der Waals surface area contributed by atoms with E-state index >= 15 is 0 Å². The molecule has 1 heterocycles. The van der Waals surface area contributed by atoms with Gasteiger partial charge in [-0.3, -0.25) is 4.79 Å². The van der Waals surface area contributed by atoms with Gasteiger partial charge in [-0.1, -0.05) is 61.8 Å². The van der Waals surface area contributed by atoms with Crippen molar-refractivity contribution in [2.75, 3.05) is 0 Å². The summed E-state index contributed by atoms with van der Waals surface area (Å²) in [5.41, 5.74) is 0. The van der Waals surface area contributed by atoms with Crippen LogP contribution in [0.25, 0.3) is 0 Å². The molecule has 0 radical (unpaired) electrons. The summed E-state index contributed by atoms with van der Waals surface area (Å²) in [5.74, 6) is 3.20. The maximum absolute atomic E-state index is 12.0. The Morgan fingerprint density at radius 3 is 2.12 bits per heavy atom. The molecule has 0 aromatic carbocycles. The average molecular weight is 354 g/mol. The number of hydrogen-bond donors (Lipinski definition) is 1. The van der Waals surface area contributed by atoms with Gasteiger partial charge in [0.1, 0.15) is 0 Å². The summed E-state index contributed by atoms with van der Waals surface area (Å²) in [4.78, 5) is 12.0. The summed E-state index contributed by atoms with van der Waals surface area (Å²) in [7, 11) is 0. The van der Waals surface area contributed by atoms with Crippen molar-refractivity contribution in [2.24, 2.45) is 29.6 Å². The summed E-state index contributed by atoms with van der Waals surface area (Å²) in [6, 6.07) is 0.257. The molecule has 0 aromatic heterocycles. The molecule has 3 heteroatoms. The topological polar surface area (TPSA) is 38.3 Å². The molecule has 0 aromatic rings. The van der Waals surface area contributed by atoms with E-state index in [1.807, 2.05) is 6.92 Å². The predicted molar refractivity (Wildman–Crippen MR) is 107 cm³/mol. The number of hydrogen-bond acceptors (Lipinski definition) is 2. The van der Waals surface area contributed by atoms with Gasteiger partial charge in [0.25, 0.3) is 0 Å². The minimum atomic E-state index is 0.172. The van der Waals surface area contributed by atoms with Crippen LogP contribution in [0.15, 0.2) is 0 Å². The van der Waals surface area contributed by atoms with E-state index in [0.29, 0.717) is 48.2 Å². The van der Waals surface area contributed by atoms with Crippen molar-refractivity contribution in [2.45, 2.75) is 106 Å². The molecule has 25 heavy (non-hydrogen) atoms. The van der Waals surface area contributed by atoms with E-state index in [4.69, 9.17) is 4.74 Å². The van der Waals surface area contributed by atoms with Crippen LogP contribution < -0.4 is 5.32 Å². The first-order valence-electron chi connectivity index (χ1n) is 10.7. The van der Waals surface area contributed by atoms with E-state index in [1.54, 1.807) is 0 Å². The zero-order valence-corrected chi connectivity index (χ0v) is 18.0. The van der Waals surface area contributed by atoms with Gasteiger partial charge in [0.2, 0.25) is 5.91 Å². The highest BCUT2D eigenvalue weighted by Crippen LogP contribution is 2.38. The third-order valence-electron chi connectivity index (χ3n) is 7.19. The van der Waals surface area contributed by atoms with Crippen LogP contribution in [0.3, 0.4) is 0 Å². The van der Waals surface area contributed by atoms with Gasteiger partial charge in [0, 0.05) is 12.5 Å². The lowest BCUT2D eigenvalue weighted by Gasteiger charge is -2.44. The number of nitrogens with one attached hydrogen (secondary N) is 1. The molecule has 1 aliphatic heterocycles. The van der Waals surface area contributed by atoms with Gasteiger partial charge in [-0.15, -0.1) is 0 Å². The molecule has 0 aliphatic carbocycles. The normalized spacial score (nSPS) is 33.5. The van der Waals surface area contributed by atoms with E-state index in [9.17, 15) is 4.79 Å². The SMILES string of the molecule is CCC(=O)N[C@@H](CC[C@@H]1OC(CC)[C@H](C)[C@H](C)C1C)[C@H](C)[C@H](C)CC. The van der Waals surface area contributed by atoms with Crippen LogP contribution >= 0.6 is 0 Å². The Morgan fingerprint density at radius 1 is 1.00 bits per heavy atom. The van der Waals surface area contributed by atoms with E-state index in [-0.39, 0.29) is 11.9 Å². The maximum Gasteiger partial charge on any atom is 0.219 e. The molecule has 8 atom stereocenters. The molecular weight excluding hydrogens is 310 g/mol. The Labute approximate surface area is 156 Å². The fraction of sp³-hybridized carbons (Fsp3) is 0.955. The highest BCUT2D eigenvalue weighted by molar-refractivity contribution is 5.75. The quantitative estimate of drug-likeness (QED) is 0.600. The molecule has 1 saturated heterocycles. The molecular formula is C22H43NO2. The monoisotopic (exact) mass is 353 g/mol. The minimum Gasteiger partial charge on any atom is -0.374 e. The predicted octanol–water partition coefficient (Wildman–Crippen LogP) is 5.43. The molecule has 1 amide bonds. The van der Waals surface area contributed by atoms with E-state index < -0.39 is 0 Å². The van der Waals surface area contributed by atoms with Crippen LogP contribution in [0.5, 0.6) is 0 Å². The van der Waals surface area contributed by atoms with E-state index in [0.717, 1.165) is 25.7 Å². The second-order valence-corrected chi connectivity index (χ2v) is 8.55. The van der Waals surface area contributed by atoms with E-state index in [2.05, 4.69) is 53.8 Å². The molecule has 148 valence electrons. The summed E-state index contributed by atoms with van der Waals surface area (Å²) in [6.07, 6.45) is 5.57. The van der Waals surface area contributed by atoms with Crippen molar-refractivity contribution in [1.82, 2.24) is 5.32 Å². The summed E-state index contributed by atoms with van der Waals surface area (Å²) in [5, 5.41) is 3.29. The Bertz CT molecular complexity index is 395. The van der Waals surface area contributed by atoms with Crippen LogP contribution in [0.2, 0.25) is 0 Å². The first-order chi connectivity index (χ1) is 11.8. The third kappa shape index (κ3) is 5.98. The van der Waals surface area contributed by atoms with Crippen molar-refractivity contribution in [1.29, 1.82) is 0 Å². The Kier molecular flexibility index (Phi) is 9.48. The van der Waals surface area contributed by atoms with Gasteiger partial charge >= 0.3 is 0 Å². The summed E-state index contributed by atoms with van der Waals surface area (Å²) in [6.45, 7) is 18.0. The summed E-state index contributed by atoms with van der Waals surface area (Å²) < 4.78 is 6.47. The van der Waals surface area contributed by atoms with Crippen molar-refractivity contribution in [3.63, 3.8) is 0 Å². The van der Waals surface area contributed by atoms with Crippen molar-refractivity contribution >= 4 is 5.91 Å². The van der Waals surface area contributed by atoms with Crippen LogP contribution in [0.1, 0.15) is 87.5 Å². The Balaban J connectivity index is 2.75. The fourth-order valence-corrected chi connectivity index (χ4v) is 4.31. The van der Waals surface area contributed by atoms with Crippen molar-refractivity contribution in [3.05, 3.63) is 0 Å². The molecule has 1 fully saturated rings. The Hall–Kier alpha value is -0.570. The largest absolute Gasteiger partial charge is 0.374 e. The van der Waals surface area contributed by atoms with Crippen molar-refractivity contribution < 1.29 is 9.53 Å². The van der Waals surface area contributed by atoms with Crippen LogP contribution in [0, 0.1) is 29.6 Å². The number of carbonyl (C=O) groups excluding carboxylic acids is 1. The van der Waals surface area contributed by atoms with Crippen molar-refractivity contribution in [3.8, 4) is 0 Å². The standard InChI is InChI=1S/C22H43NO2/c1-9-14(4)15(5)19(23-22(24)11-3)12-13-21-18(8)16(6)17(7)20(10-2)25-21/h14-21H,9-13H2,1-8H3,(H,23,24)/t14-,15-,16+,17-,18?,19+,20?,21+/m1/s1. The number of carbonyl (C=O) groups is 1. The second-order valence-electron chi connectivity index (χ2n) is 8.55. The molecule has 0 bridgehead atoms. The van der Waals surface area contributed by atoms with E-state index in [1.165, 1.54) is 0 Å². The highest BCUT2D eigenvalue weighted by Gasteiger charge is 2.38. The first-order valence-corrected chi connectivity index (χ1v) is 10.7. The maximum atomic E-state index is 12.0. The van der Waals surface area contributed by atoms with Gasteiger partial charge in [0.15, 0.2) is 0 Å².